The van der Waals surface area contributed by atoms with Gasteiger partial charge in [0, 0.05) is 30.3 Å². The molecule has 0 aromatic carbocycles. The van der Waals surface area contributed by atoms with Crippen molar-refractivity contribution in [1.82, 2.24) is 5.32 Å². The topological polar surface area (TPSA) is 29.1 Å². The minimum absolute atomic E-state index is 0.218. The number of piperidine rings is 1. The third-order valence-electron chi connectivity index (χ3n) is 2.98. The van der Waals surface area contributed by atoms with Crippen molar-refractivity contribution in [3.05, 3.63) is 0 Å². The van der Waals surface area contributed by atoms with Gasteiger partial charge in [-0.25, -0.2) is 0 Å². The smallest absolute Gasteiger partial charge is 0.138 e. The van der Waals surface area contributed by atoms with Gasteiger partial charge < -0.3 is 5.32 Å². The van der Waals surface area contributed by atoms with E-state index in [4.69, 9.17) is 11.6 Å². The summed E-state index contributed by atoms with van der Waals surface area (Å²) in [5.74, 6) is 0.638. The zero-order valence-electron chi connectivity index (χ0n) is 7.05. The molecule has 3 atom stereocenters. The van der Waals surface area contributed by atoms with Crippen LogP contribution in [0.2, 0.25) is 0 Å². The molecule has 1 saturated heterocycles. The second-order valence-electron chi connectivity index (χ2n) is 3.79. The largest absolute Gasteiger partial charge is 0.313 e. The molecule has 2 rings (SSSR count). The summed E-state index contributed by atoms with van der Waals surface area (Å²) in [6.07, 6.45) is 3.72. The molecule has 0 spiro atoms. The van der Waals surface area contributed by atoms with Gasteiger partial charge in [0.2, 0.25) is 0 Å². The van der Waals surface area contributed by atoms with E-state index >= 15 is 0 Å². The van der Waals surface area contributed by atoms with Gasteiger partial charge in [-0.1, -0.05) is 0 Å². The Bertz CT molecular complexity index is 195. The number of ketones is 1. The highest BCUT2D eigenvalue weighted by Crippen LogP contribution is 2.31. The summed E-state index contributed by atoms with van der Waals surface area (Å²) in [4.78, 5) is 11.5. The molecule has 1 aliphatic carbocycles. The number of rotatable bonds is 0. The van der Waals surface area contributed by atoms with E-state index in [0.29, 0.717) is 18.2 Å². The highest BCUT2D eigenvalue weighted by Gasteiger charge is 2.36. The molecule has 1 aliphatic heterocycles. The van der Waals surface area contributed by atoms with Crippen LogP contribution in [0.3, 0.4) is 0 Å². The van der Waals surface area contributed by atoms with Crippen LogP contribution in [-0.4, -0.2) is 23.7 Å². The molecular formula is C9H14ClNO. The van der Waals surface area contributed by atoms with Crippen LogP contribution >= 0.6 is 11.6 Å². The van der Waals surface area contributed by atoms with E-state index in [1.807, 2.05) is 0 Å². The van der Waals surface area contributed by atoms with E-state index in [1.54, 1.807) is 0 Å². The molecule has 0 bridgehead atoms. The van der Waals surface area contributed by atoms with Gasteiger partial charge in [0.05, 0.1) is 0 Å². The summed E-state index contributed by atoms with van der Waals surface area (Å²) in [6, 6.07) is 0.432. The van der Waals surface area contributed by atoms with E-state index in [1.165, 1.54) is 0 Å². The predicted molar refractivity (Wildman–Crippen MR) is 48.4 cm³/mol. The van der Waals surface area contributed by atoms with Crippen molar-refractivity contribution in [2.24, 2.45) is 5.92 Å². The lowest BCUT2D eigenvalue weighted by atomic mass is 9.78. The Labute approximate surface area is 77.7 Å². The van der Waals surface area contributed by atoms with Crippen molar-refractivity contribution in [3.8, 4) is 0 Å². The minimum atomic E-state index is 0.218. The standard InChI is InChI=1S/C9H14ClNO/c10-6-1-2-8-7(5-6)9(12)3-4-11-8/h6-8,11H,1-5H2. The predicted octanol–water partition coefficient (Wildman–Crippen LogP) is 1.32. The van der Waals surface area contributed by atoms with E-state index in [2.05, 4.69) is 5.32 Å². The first kappa shape index (κ1) is 8.52. The van der Waals surface area contributed by atoms with Crippen molar-refractivity contribution in [2.45, 2.75) is 37.1 Å². The zero-order valence-corrected chi connectivity index (χ0v) is 7.81. The Morgan fingerprint density at radius 2 is 2.25 bits per heavy atom. The fourth-order valence-corrected chi connectivity index (χ4v) is 2.60. The molecule has 3 unspecified atom stereocenters. The SMILES string of the molecule is O=C1CCNC2CCC(Cl)CC12. The second kappa shape index (κ2) is 3.35. The fraction of sp³-hybridized carbons (Fsp3) is 0.889. The van der Waals surface area contributed by atoms with Crippen molar-refractivity contribution >= 4 is 17.4 Å². The van der Waals surface area contributed by atoms with E-state index < -0.39 is 0 Å². The molecular weight excluding hydrogens is 174 g/mol. The lowest BCUT2D eigenvalue weighted by Gasteiger charge is -2.36. The fourth-order valence-electron chi connectivity index (χ4n) is 2.29. The Hall–Kier alpha value is -0.0800. The van der Waals surface area contributed by atoms with Gasteiger partial charge in [-0.15, -0.1) is 11.6 Å². The number of hydrogen-bond acceptors (Lipinski definition) is 2. The maximum absolute atomic E-state index is 11.5. The summed E-state index contributed by atoms with van der Waals surface area (Å²) < 4.78 is 0. The molecule has 68 valence electrons. The highest BCUT2D eigenvalue weighted by atomic mass is 35.5. The molecule has 2 fully saturated rings. The second-order valence-corrected chi connectivity index (χ2v) is 4.41. The Morgan fingerprint density at radius 1 is 1.42 bits per heavy atom. The summed E-state index contributed by atoms with van der Waals surface area (Å²) in [5, 5.41) is 3.62. The number of alkyl halides is 1. The van der Waals surface area contributed by atoms with Crippen LogP contribution in [0, 0.1) is 5.92 Å². The van der Waals surface area contributed by atoms with Crippen LogP contribution in [-0.2, 0) is 4.79 Å². The number of carbonyl (C=O) groups excluding carboxylic acids is 1. The Morgan fingerprint density at radius 3 is 3.08 bits per heavy atom. The van der Waals surface area contributed by atoms with Gasteiger partial charge >= 0.3 is 0 Å². The molecule has 12 heavy (non-hydrogen) atoms. The Kier molecular flexibility index (Phi) is 2.37. The monoisotopic (exact) mass is 187 g/mol. The lowest BCUT2D eigenvalue weighted by molar-refractivity contribution is -0.126. The average Bonchev–Trinajstić information content (AvgIpc) is 2.07. The van der Waals surface area contributed by atoms with Crippen LogP contribution in [0.5, 0.6) is 0 Å². The van der Waals surface area contributed by atoms with Crippen molar-refractivity contribution < 1.29 is 4.79 Å². The number of hydrogen-bond donors (Lipinski definition) is 1. The van der Waals surface area contributed by atoms with Crippen molar-refractivity contribution in [3.63, 3.8) is 0 Å². The molecule has 2 aliphatic rings. The first-order valence-electron chi connectivity index (χ1n) is 4.67. The van der Waals surface area contributed by atoms with Crippen LogP contribution in [0.15, 0.2) is 0 Å². The molecule has 0 aromatic heterocycles. The highest BCUT2D eigenvalue weighted by molar-refractivity contribution is 6.20. The number of nitrogens with one attached hydrogen (secondary N) is 1. The van der Waals surface area contributed by atoms with Crippen LogP contribution < -0.4 is 5.32 Å². The third-order valence-corrected chi connectivity index (χ3v) is 3.37. The normalized spacial score (nSPS) is 42.4. The molecule has 3 heteroatoms. The maximum Gasteiger partial charge on any atom is 0.138 e. The van der Waals surface area contributed by atoms with E-state index in [9.17, 15) is 4.79 Å². The number of fused-ring (bicyclic) bond motifs is 1. The van der Waals surface area contributed by atoms with Crippen LogP contribution in [0.4, 0.5) is 0 Å². The maximum atomic E-state index is 11.5. The third kappa shape index (κ3) is 1.50. The van der Waals surface area contributed by atoms with Crippen LogP contribution in [0.25, 0.3) is 0 Å². The summed E-state index contributed by atoms with van der Waals surface area (Å²) in [5.41, 5.74) is 0. The molecule has 2 nitrogen and oxygen atoms in total. The first-order chi connectivity index (χ1) is 5.77. The lowest BCUT2D eigenvalue weighted by Crippen LogP contribution is -2.49. The van der Waals surface area contributed by atoms with Crippen LogP contribution in [0.1, 0.15) is 25.7 Å². The number of Topliss-reactive ketones (excluding diaryl/α,β-unsaturated/α-hetero) is 1. The van der Waals surface area contributed by atoms with Gasteiger partial charge in [-0.2, -0.15) is 0 Å². The first-order valence-corrected chi connectivity index (χ1v) is 5.11. The molecule has 0 aromatic rings. The van der Waals surface area contributed by atoms with Gasteiger partial charge in [0.1, 0.15) is 5.78 Å². The number of halogens is 1. The van der Waals surface area contributed by atoms with Crippen molar-refractivity contribution in [1.29, 1.82) is 0 Å². The Balaban J connectivity index is 2.05. The summed E-state index contributed by atoms with van der Waals surface area (Å²) in [7, 11) is 0. The zero-order chi connectivity index (χ0) is 8.55. The van der Waals surface area contributed by atoms with E-state index in [0.717, 1.165) is 25.8 Å². The van der Waals surface area contributed by atoms with Gasteiger partial charge in [0.15, 0.2) is 0 Å². The molecule has 0 amide bonds. The summed E-state index contributed by atoms with van der Waals surface area (Å²) in [6.45, 7) is 0.868. The quantitative estimate of drug-likeness (QED) is 0.580. The molecule has 1 N–H and O–H groups in total. The van der Waals surface area contributed by atoms with E-state index in [-0.39, 0.29) is 11.3 Å². The van der Waals surface area contributed by atoms with Gasteiger partial charge in [0.25, 0.3) is 0 Å². The van der Waals surface area contributed by atoms with Crippen molar-refractivity contribution in [2.75, 3.05) is 6.54 Å². The van der Waals surface area contributed by atoms with Gasteiger partial charge in [-0.3, -0.25) is 4.79 Å². The molecule has 1 saturated carbocycles. The minimum Gasteiger partial charge on any atom is -0.313 e. The van der Waals surface area contributed by atoms with Gasteiger partial charge in [-0.05, 0) is 19.3 Å². The average molecular weight is 188 g/mol. The molecule has 0 radical (unpaired) electrons. The molecule has 1 heterocycles. The number of carbonyl (C=O) groups is 1. The summed E-state index contributed by atoms with van der Waals surface area (Å²) >= 11 is 6.02.